The lowest BCUT2D eigenvalue weighted by molar-refractivity contribution is -0.139. The van der Waals surface area contributed by atoms with Crippen LogP contribution in [0.1, 0.15) is 22.7 Å². The third kappa shape index (κ3) is 4.63. The molecule has 1 amide bonds. The Hall–Kier alpha value is -4.92. The molecule has 200 valence electrons. The first kappa shape index (κ1) is 25.7. The van der Waals surface area contributed by atoms with Crippen LogP contribution in [0.5, 0.6) is 23.0 Å². The predicted octanol–water partition coefficient (Wildman–Crippen LogP) is 4.56. The Morgan fingerprint density at radius 2 is 1.74 bits per heavy atom. The van der Waals surface area contributed by atoms with E-state index in [4.69, 9.17) is 14.2 Å². The molecule has 39 heavy (non-hydrogen) atoms. The van der Waals surface area contributed by atoms with Gasteiger partial charge in [-0.05, 0) is 66.1 Å². The standard InChI is InChI=1S/C30H28N2O7/c1-37-21-8-9-23-22(15-21)19(16-31-23)11-12-32-27(17-5-4-6-20(33)13-17)26(29(35)30(32)36)28(34)18-7-10-24(38-2)25(14-18)39-3/h4-10,13-16,27,31,33-34H,11-12H2,1-3H3/t27-/m0/s1. The van der Waals surface area contributed by atoms with Gasteiger partial charge in [0.1, 0.15) is 17.3 Å². The normalized spacial score (nSPS) is 16.6. The molecule has 1 saturated heterocycles. The van der Waals surface area contributed by atoms with Crippen molar-refractivity contribution in [2.24, 2.45) is 0 Å². The Labute approximate surface area is 224 Å². The van der Waals surface area contributed by atoms with Crippen molar-refractivity contribution in [2.45, 2.75) is 12.5 Å². The number of rotatable bonds is 8. The fourth-order valence-electron chi connectivity index (χ4n) is 5.02. The number of carbonyl (C=O) groups is 2. The first-order chi connectivity index (χ1) is 18.9. The third-order valence-corrected chi connectivity index (χ3v) is 6.98. The number of aliphatic hydroxyl groups is 1. The lowest BCUT2D eigenvalue weighted by atomic mass is 9.95. The number of likely N-dealkylation sites (tertiary alicyclic amines) is 1. The van der Waals surface area contributed by atoms with Crippen LogP contribution in [0, 0.1) is 0 Å². The number of aromatic amines is 1. The number of fused-ring (bicyclic) bond motifs is 1. The zero-order chi connectivity index (χ0) is 27.7. The van der Waals surface area contributed by atoms with Crippen LogP contribution < -0.4 is 14.2 Å². The van der Waals surface area contributed by atoms with Crippen molar-refractivity contribution in [1.29, 1.82) is 0 Å². The number of benzene rings is 3. The van der Waals surface area contributed by atoms with Gasteiger partial charge in [0.15, 0.2) is 11.5 Å². The van der Waals surface area contributed by atoms with Crippen molar-refractivity contribution >= 4 is 28.4 Å². The van der Waals surface area contributed by atoms with Crippen molar-refractivity contribution in [3.05, 3.63) is 89.1 Å². The molecule has 0 bridgehead atoms. The largest absolute Gasteiger partial charge is 0.508 e. The minimum absolute atomic E-state index is 0.0204. The molecule has 1 aliphatic heterocycles. The number of H-pyrrole nitrogens is 1. The number of hydrogen-bond donors (Lipinski definition) is 3. The smallest absolute Gasteiger partial charge is 0.295 e. The van der Waals surface area contributed by atoms with Gasteiger partial charge in [-0.2, -0.15) is 0 Å². The molecule has 0 unspecified atom stereocenters. The number of ketones is 1. The van der Waals surface area contributed by atoms with Crippen LogP contribution in [0.4, 0.5) is 0 Å². The van der Waals surface area contributed by atoms with Crippen molar-refractivity contribution in [2.75, 3.05) is 27.9 Å². The molecule has 0 spiro atoms. The van der Waals surface area contributed by atoms with Crippen LogP contribution in [0.25, 0.3) is 16.7 Å². The van der Waals surface area contributed by atoms with E-state index < -0.39 is 17.7 Å². The van der Waals surface area contributed by atoms with Gasteiger partial charge < -0.3 is 34.3 Å². The number of amides is 1. The number of phenols is 1. The highest BCUT2D eigenvalue weighted by Gasteiger charge is 2.46. The van der Waals surface area contributed by atoms with Gasteiger partial charge in [-0.15, -0.1) is 0 Å². The van der Waals surface area contributed by atoms with Crippen molar-refractivity contribution in [1.82, 2.24) is 9.88 Å². The second-order valence-electron chi connectivity index (χ2n) is 9.13. The summed E-state index contributed by atoms with van der Waals surface area (Å²) < 4.78 is 16.0. The van der Waals surface area contributed by atoms with Crippen LogP contribution in [-0.4, -0.2) is 59.7 Å². The lowest BCUT2D eigenvalue weighted by Gasteiger charge is -2.25. The van der Waals surface area contributed by atoms with E-state index in [2.05, 4.69) is 4.98 Å². The lowest BCUT2D eigenvalue weighted by Crippen LogP contribution is -2.31. The summed E-state index contributed by atoms with van der Waals surface area (Å²) in [6.07, 6.45) is 2.31. The molecule has 1 fully saturated rings. The molecule has 5 rings (SSSR count). The fraction of sp³-hybridized carbons (Fsp3) is 0.200. The number of Topliss-reactive ketones (excluding diaryl/α,β-unsaturated/α-hetero) is 1. The second-order valence-corrected chi connectivity index (χ2v) is 9.13. The number of carbonyl (C=O) groups excluding carboxylic acids is 2. The Balaban J connectivity index is 1.57. The third-order valence-electron chi connectivity index (χ3n) is 6.98. The number of aromatic hydroxyl groups is 1. The van der Waals surface area contributed by atoms with Gasteiger partial charge in [0.05, 0.1) is 32.9 Å². The summed E-state index contributed by atoms with van der Waals surface area (Å²) in [4.78, 5) is 31.4. The van der Waals surface area contributed by atoms with Gasteiger partial charge in [-0.25, -0.2) is 0 Å². The summed E-state index contributed by atoms with van der Waals surface area (Å²) in [6.45, 7) is 0.192. The Kier molecular flexibility index (Phi) is 6.89. The Morgan fingerprint density at radius 1 is 0.949 bits per heavy atom. The molecule has 3 aromatic carbocycles. The van der Waals surface area contributed by atoms with E-state index in [0.717, 1.165) is 16.5 Å². The molecule has 4 aromatic rings. The van der Waals surface area contributed by atoms with Crippen LogP contribution >= 0.6 is 0 Å². The first-order valence-electron chi connectivity index (χ1n) is 12.3. The summed E-state index contributed by atoms with van der Waals surface area (Å²) in [5.74, 6) is -0.388. The highest BCUT2D eigenvalue weighted by atomic mass is 16.5. The van der Waals surface area contributed by atoms with E-state index in [9.17, 15) is 19.8 Å². The van der Waals surface area contributed by atoms with E-state index in [1.54, 1.807) is 37.4 Å². The quantitative estimate of drug-likeness (QED) is 0.174. The van der Waals surface area contributed by atoms with Gasteiger partial charge in [0.2, 0.25) is 0 Å². The number of aliphatic hydroxyl groups excluding tert-OH is 1. The summed E-state index contributed by atoms with van der Waals surface area (Å²) >= 11 is 0. The highest BCUT2D eigenvalue weighted by molar-refractivity contribution is 6.46. The molecular formula is C30H28N2O7. The fourth-order valence-corrected chi connectivity index (χ4v) is 5.02. The Bertz CT molecular complexity index is 1600. The van der Waals surface area contributed by atoms with Gasteiger partial charge >= 0.3 is 0 Å². The average molecular weight is 529 g/mol. The second kappa shape index (κ2) is 10.4. The van der Waals surface area contributed by atoms with Crippen LogP contribution in [0.2, 0.25) is 0 Å². The molecule has 0 saturated carbocycles. The highest BCUT2D eigenvalue weighted by Crippen LogP contribution is 2.41. The summed E-state index contributed by atoms with van der Waals surface area (Å²) in [5, 5.41) is 22.5. The maximum absolute atomic E-state index is 13.4. The topological polar surface area (TPSA) is 121 Å². The number of nitrogens with one attached hydrogen (secondary N) is 1. The van der Waals surface area contributed by atoms with E-state index >= 15 is 0 Å². The maximum atomic E-state index is 13.4. The Morgan fingerprint density at radius 3 is 2.46 bits per heavy atom. The summed E-state index contributed by atoms with van der Waals surface area (Å²) in [5.41, 5.74) is 2.58. The average Bonchev–Trinajstić information content (AvgIpc) is 3.48. The van der Waals surface area contributed by atoms with E-state index in [1.165, 1.54) is 31.3 Å². The first-order valence-corrected chi connectivity index (χ1v) is 12.3. The van der Waals surface area contributed by atoms with Gasteiger partial charge in [0, 0.05) is 29.2 Å². The van der Waals surface area contributed by atoms with Crippen molar-refractivity contribution < 1.29 is 34.0 Å². The number of ether oxygens (including phenoxy) is 3. The zero-order valence-corrected chi connectivity index (χ0v) is 21.7. The number of aromatic nitrogens is 1. The van der Waals surface area contributed by atoms with E-state index in [0.29, 0.717) is 34.8 Å². The van der Waals surface area contributed by atoms with Crippen LogP contribution in [0.3, 0.4) is 0 Å². The molecule has 9 nitrogen and oxygen atoms in total. The van der Waals surface area contributed by atoms with Crippen molar-refractivity contribution in [3.8, 4) is 23.0 Å². The van der Waals surface area contributed by atoms with Gasteiger partial charge in [-0.1, -0.05) is 12.1 Å². The summed E-state index contributed by atoms with van der Waals surface area (Å²) in [7, 11) is 4.56. The van der Waals surface area contributed by atoms with E-state index in [-0.39, 0.29) is 23.6 Å². The number of hydrogen-bond acceptors (Lipinski definition) is 7. The number of methoxy groups -OCH3 is 3. The van der Waals surface area contributed by atoms with Crippen molar-refractivity contribution in [3.63, 3.8) is 0 Å². The molecule has 0 aliphatic carbocycles. The number of nitrogens with zero attached hydrogens (tertiary/aromatic N) is 1. The molecule has 3 N–H and O–H groups in total. The van der Waals surface area contributed by atoms with E-state index in [1.807, 2.05) is 24.4 Å². The molecule has 9 heteroatoms. The molecule has 1 aromatic heterocycles. The zero-order valence-electron chi connectivity index (χ0n) is 21.7. The number of phenolic OH excluding ortho intramolecular Hbond substituents is 1. The SMILES string of the molecule is COc1ccc2[nH]cc(CCN3C(=O)C(=O)C(=C(O)c4ccc(OC)c(OC)c4)[C@@H]3c3cccc(O)c3)c2c1. The van der Waals surface area contributed by atoms with Gasteiger partial charge in [0.25, 0.3) is 11.7 Å². The minimum atomic E-state index is -0.912. The maximum Gasteiger partial charge on any atom is 0.295 e. The molecule has 1 aliphatic rings. The molecule has 0 radical (unpaired) electrons. The predicted molar refractivity (Wildman–Crippen MR) is 145 cm³/mol. The molecular weight excluding hydrogens is 500 g/mol. The van der Waals surface area contributed by atoms with Crippen LogP contribution in [0.15, 0.2) is 72.4 Å². The minimum Gasteiger partial charge on any atom is -0.508 e. The summed E-state index contributed by atoms with van der Waals surface area (Å²) in [6, 6.07) is 15.8. The van der Waals surface area contributed by atoms with Crippen LogP contribution in [-0.2, 0) is 16.0 Å². The molecule has 1 atom stereocenters. The van der Waals surface area contributed by atoms with Gasteiger partial charge in [-0.3, -0.25) is 9.59 Å². The molecule has 2 heterocycles. The monoisotopic (exact) mass is 528 g/mol.